The second kappa shape index (κ2) is 5.16. The Labute approximate surface area is 107 Å². The van der Waals surface area contributed by atoms with Crippen LogP contribution >= 0.6 is 0 Å². The largest absolute Gasteiger partial charge is 0.508 e. The maximum Gasteiger partial charge on any atom is 0.237 e. The maximum atomic E-state index is 12.4. The predicted molar refractivity (Wildman–Crippen MR) is 71.3 cm³/mol. The van der Waals surface area contributed by atoms with Gasteiger partial charge in [0.25, 0.3) is 0 Å². The number of hydrogen-bond donors (Lipinski definition) is 2. The van der Waals surface area contributed by atoms with E-state index in [0.717, 1.165) is 13.1 Å². The minimum absolute atomic E-state index is 0.0693. The molecule has 0 amide bonds. The molecule has 2 rings (SSSR count). The monoisotopic (exact) mass is 270 g/mol. The lowest BCUT2D eigenvalue weighted by molar-refractivity contribution is 0.475. The molecular weight excluding hydrogens is 252 g/mol. The van der Waals surface area contributed by atoms with Crippen molar-refractivity contribution in [2.75, 3.05) is 24.4 Å². The normalized spacial score (nSPS) is 17.6. The lowest BCUT2D eigenvalue weighted by atomic mass is 10.2. The van der Waals surface area contributed by atoms with Crippen LogP contribution in [0.5, 0.6) is 5.75 Å². The van der Waals surface area contributed by atoms with Crippen molar-refractivity contribution >= 4 is 15.7 Å². The first kappa shape index (κ1) is 13.2. The van der Waals surface area contributed by atoms with Crippen LogP contribution in [0.25, 0.3) is 0 Å². The molecule has 0 atom stereocenters. The van der Waals surface area contributed by atoms with Crippen molar-refractivity contribution in [2.24, 2.45) is 0 Å². The maximum absolute atomic E-state index is 12.4. The van der Waals surface area contributed by atoms with E-state index in [1.54, 1.807) is 12.1 Å². The summed E-state index contributed by atoms with van der Waals surface area (Å²) in [6.45, 7) is 1.47. The zero-order valence-electron chi connectivity index (χ0n) is 10.3. The van der Waals surface area contributed by atoms with Crippen LogP contribution in [-0.2, 0) is 10.0 Å². The van der Waals surface area contributed by atoms with Gasteiger partial charge in [-0.15, -0.1) is 0 Å². The lowest BCUT2D eigenvalue weighted by Crippen LogP contribution is -2.42. The molecule has 6 heteroatoms. The van der Waals surface area contributed by atoms with Crippen LogP contribution < -0.4 is 9.62 Å². The third kappa shape index (κ3) is 2.59. The van der Waals surface area contributed by atoms with E-state index in [1.165, 1.54) is 23.5 Å². The molecule has 1 aliphatic heterocycles. The van der Waals surface area contributed by atoms with E-state index >= 15 is 0 Å². The average Bonchev–Trinajstić information content (AvgIpc) is 2.39. The van der Waals surface area contributed by atoms with Gasteiger partial charge in [-0.2, -0.15) is 0 Å². The molecule has 1 heterocycles. The van der Waals surface area contributed by atoms with Gasteiger partial charge in [0.15, 0.2) is 0 Å². The van der Waals surface area contributed by atoms with Gasteiger partial charge in [0.05, 0.1) is 10.9 Å². The molecule has 5 nitrogen and oxygen atoms in total. The SMILES string of the molecule is CN(c1cccc(O)c1)S(=O)(=O)C1CCNCC1. The van der Waals surface area contributed by atoms with E-state index < -0.39 is 10.0 Å². The van der Waals surface area contributed by atoms with Crippen LogP contribution in [0.1, 0.15) is 12.8 Å². The summed E-state index contributed by atoms with van der Waals surface area (Å²) in [7, 11) is -1.82. The van der Waals surface area contributed by atoms with Crippen LogP contribution in [0.2, 0.25) is 0 Å². The highest BCUT2D eigenvalue weighted by molar-refractivity contribution is 7.93. The summed E-state index contributed by atoms with van der Waals surface area (Å²) in [5.74, 6) is 0.0693. The first-order valence-electron chi connectivity index (χ1n) is 5.99. The summed E-state index contributed by atoms with van der Waals surface area (Å²) in [5, 5.41) is 12.2. The Morgan fingerprint density at radius 1 is 1.33 bits per heavy atom. The number of piperidine rings is 1. The second-order valence-corrected chi connectivity index (χ2v) is 6.73. The Hall–Kier alpha value is -1.27. The molecule has 0 aromatic heterocycles. The molecule has 0 saturated carbocycles. The number of rotatable bonds is 3. The van der Waals surface area contributed by atoms with E-state index in [-0.39, 0.29) is 11.0 Å². The number of aromatic hydroxyl groups is 1. The Morgan fingerprint density at radius 3 is 2.61 bits per heavy atom. The molecule has 0 spiro atoms. The van der Waals surface area contributed by atoms with Gasteiger partial charge in [-0.25, -0.2) is 8.42 Å². The van der Waals surface area contributed by atoms with Crippen molar-refractivity contribution in [2.45, 2.75) is 18.1 Å². The van der Waals surface area contributed by atoms with Gasteiger partial charge in [-0.05, 0) is 38.1 Å². The summed E-state index contributed by atoms with van der Waals surface area (Å²) in [6, 6.07) is 6.30. The second-order valence-electron chi connectivity index (χ2n) is 4.48. The highest BCUT2D eigenvalue weighted by Gasteiger charge is 2.31. The van der Waals surface area contributed by atoms with Gasteiger partial charge in [0, 0.05) is 13.1 Å². The molecular formula is C12H18N2O3S. The van der Waals surface area contributed by atoms with Crippen LogP contribution in [0.4, 0.5) is 5.69 Å². The standard InChI is InChI=1S/C12H18N2O3S/c1-14(10-3-2-4-11(15)9-10)18(16,17)12-5-7-13-8-6-12/h2-4,9,12-13,15H,5-8H2,1H3. The summed E-state index contributed by atoms with van der Waals surface area (Å²) < 4.78 is 26.1. The third-order valence-electron chi connectivity index (χ3n) is 3.28. The minimum Gasteiger partial charge on any atom is -0.508 e. The number of nitrogens with one attached hydrogen (secondary N) is 1. The topological polar surface area (TPSA) is 69.6 Å². The lowest BCUT2D eigenvalue weighted by Gasteiger charge is -2.28. The number of anilines is 1. The number of benzene rings is 1. The Balaban J connectivity index is 2.23. The van der Waals surface area contributed by atoms with E-state index in [0.29, 0.717) is 18.5 Å². The van der Waals surface area contributed by atoms with Gasteiger partial charge < -0.3 is 10.4 Å². The molecule has 1 fully saturated rings. The zero-order chi connectivity index (χ0) is 13.2. The van der Waals surface area contributed by atoms with Crippen molar-refractivity contribution in [3.63, 3.8) is 0 Å². The van der Waals surface area contributed by atoms with Crippen molar-refractivity contribution in [3.05, 3.63) is 24.3 Å². The highest BCUT2D eigenvalue weighted by Crippen LogP contribution is 2.25. The van der Waals surface area contributed by atoms with Gasteiger partial charge in [-0.1, -0.05) is 6.07 Å². The first-order chi connectivity index (χ1) is 8.51. The zero-order valence-corrected chi connectivity index (χ0v) is 11.2. The molecule has 2 N–H and O–H groups in total. The molecule has 1 aromatic rings. The molecule has 0 aliphatic carbocycles. The third-order valence-corrected chi connectivity index (χ3v) is 5.57. The van der Waals surface area contributed by atoms with Crippen molar-refractivity contribution < 1.29 is 13.5 Å². The Bertz CT molecular complexity index is 510. The van der Waals surface area contributed by atoms with E-state index in [4.69, 9.17) is 0 Å². The van der Waals surface area contributed by atoms with Crippen molar-refractivity contribution in [3.8, 4) is 5.75 Å². The van der Waals surface area contributed by atoms with E-state index in [2.05, 4.69) is 5.32 Å². The number of sulfonamides is 1. The summed E-state index contributed by atoms with van der Waals surface area (Å²) in [6.07, 6.45) is 1.26. The molecule has 1 aliphatic rings. The van der Waals surface area contributed by atoms with Crippen LogP contribution in [0.15, 0.2) is 24.3 Å². The molecule has 1 saturated heterocycles. The van der Waals surface area contributed by atoms with Crippen LogP contribution in [0, 0.1) is 0 Å². The fraction of sp³-hybridized carbons (Fsp3) is 0.500. The molecule has 18 heavy (non-hydrogen) atoms. The van der Waals surface area contributed by atoms with E-state index in [9.17, 15) is 13.5 Å². The predicted octanol–water partition coefficient (Wildman–Crippen LogP) is 0.910. The molecule has 100 valence electrons. The number of hydrogen-bond acceptors (Lipinski definition) is 4. The fourth-order valence-electron chi connectivity index (χ4n) is 2.15. The Morgan fingerprint density at radius 2 is 2.00 bits per heavy atom. The fourth-order valence-corrected chi connectivity index (χ4v) is 3.84. The smallest absolute Gasteiger partial charge is 0.237 e. The van der Waals surface area contributed by atoms with Crippen molar-refractivity contribution in [1.29, 1.82) is 0 Å². The highest BCUT2D eigenvalue weighted by atomic mass is 32.2. The summed E-state index contributed by atoms with van der Waals surface area (Å²) in [4.78, 5) is 0. The van der Waals surface area contributed by atoms with Gasteiger partial charge >= 0.3 is 0 Å². The van der Waals surface area contributed by atoms with Gasteiger partial charge in [0.1, 0.15) is 5.75 Å². The Kier molecular flexibility index (Phi) is 3.77. The van der Waals surface area contributed by atoms with Crippen LogP contribution in [0.3, 0.4) is 0 Å². The van der Waals surface area contributed by atoms with Gasteiger partial charge in [-0.3, -0.25) is 4.31 Å². The van der Waals surface area contributed by atoms with Crippen LogP contribution in [-0.4, -0.2) is 38.9 Å². The molecule has 0 radical (unpaired) electrons. The molecule has 0 bridgehead atoms. The first-order valence-corrected chi connectivity index (χ1v) is 7.49. The van der Waals surface area contributed by atoms with E-state index in [1.807, 2.05) is 0 Å². The van der Waals surface area contributed by atoms with Crippen molar-refractivity contribution in [1.82, 2.24) is 5.32 Å². The number of phenols is 1. The average molecular weight is 270 g/mol. The number of nitrogens with zero attached hydrogens (tertiary/aromatic N) is 1. The quantitative estimate of drug-likeness (QED) is 0.856. The summed E-state index contributed by atoms with van der Waals surface area (Å²) in [5.41, 5.74) is 0.494. The molecule has 0 unspecified atom stereocenters. The molecule has 1 aromatic carbocycles. The number of phenolic OH excluding ortho intramolecular Hbond substituents is 1. The minimum atomic E-state index is -3.35. The van der Waals surface area contributed by atoms with Gasteiger partial charge in [0.2, 0.25) is 10.0 Å². The summed E-state index contributed by atoms with van der Waals surface area (Å²) >= 11 is 0.